The molecular weight excluding hydrogens is 270 g/mol. The van der Waals surface area contributed by atoms with E-state index in [-0.39, 0.29) is 24.0 Å². The third kappa shape index (κ3) is 1.25. The van der Waals surface area contributed by atoms with Crippen LogP contribution in [0.25, 0.3) is 11.0 Å². The lowest BCUT2D eigenvalue weighted by Crippen LogP contribution is -2.40. The van der Waals surface area contributed by atoms with Crippen molar-refractivity contribution < 1.29 is 14.1 Å². The first-order chi connectivity index (χ1) is 10.3. The number of carbonyl (C=O) groups excluding carboxylic acids is 2. The molecule has 1 aromatic heterocycles. The van der Waals surface area contributed by atoms with Gasteiger partial charge in [0.1, 0.15) is 6.04 Å². The molecule has 3 atom stereocenters. The van der Waals surface area contributed by atoms with Crippen molar-refractivity contribution in [3.63, 3.8) is 0 Å². The molecule has 1 aromatic carbocycles. The molecule has 0 radical (unpaired) electrons. The number of nitrogens with zero attached hydrogens (tertiary/aromatic N) is 3. The maximum atomic E-state index is 12.7. The number of amides is 3. The molecule has 6 nitrogen and oxygen atoms in total. The molecule has 3 heterocycles. The van der Waals surface area contributed by atoms with Crippen LogP contribution < -0.4 is 4.90 Å². The smallest absolute Gasteiger partial charge is 0.333 e. The van der Waals surface area contributed by atoms with Gasteiger partial charge >= 0.3 is 6.03 Å². The zero-order valence-electron chi connectivity index (χ0n) is 11.2. The van der Waals surface area contributed by atoms with E-state index in [2.05, 4.69) is 5.16 Å². The lowest BCUT2D eigenvalue weighted by molar-refractivity contribution is -0.120. The maximum absolute atomic E-state index is 12.7. The number of fused-ring (bicyclic) bond motifs is 6. The Kier molecular flexibility index (Phi) is 1.96. The van der Waals surface area contributed by atoms with Gasteiger partial charge in [0.05, 0.1) is 5.39 Å². The van der Waals surface area contributed by atoms with Crippen LogP contribution in [0.5, 0.6) is 0 Å². The van der Waals surface area contributed by atoms with Gasteiger partial charge in [0.2, 0.25) is 0 Å². The highest BCUT2D eigenvalue weighted by Gasteiger charge is 2.59. The summed E-state index contributed by atoms with van der Waals surface area (Å²) in [6, 6.07) is 6.98. The van der Waals surface area contributed by atoms with Crippen molar-refractivity contribution >= 4 is 28.7 Å². The van der Waals surface area contributed by atoms with Gasteiger partial charge in [0, 0.05) is 6.04 Å². The Morgan fingerprint density at radius 3 is 2.90 bits per heavy atom. The summed E-state index contributed by atoms with van der Waals surface area (Å²) in [7, 11) is 0. The lowest BCUT2D eigenvalue weighted by Gasteiger charge is -2.25. The fourth-order valence-corrected chi connectivity index (χ4v) is 4.15. The van der Waals surface area contributed by atoms with Crippen LogP contribution in [0, 0.1) is 5.92 Å². The molecule has 2 saturated heterocycles. The fourth-order valence-electron chi connectivity index (χ4n) is 4.15. The molecule has 2 bridgehead atoms. The third-order valence-electron chi connectivity index (χ3n) is 5.04. The van der Waals surface area contributed by atoms with E-state index in [4.69, 9.17) is 4.52 Å². The van der Waals surface area contributed by atoms with Crippen molar-refractivity contribution in [2.45, 2.75) is 31.3 Å². The second-order valence-corrected chi connectivity index (χ2v) is 6.04. The van der Waals surface area contributed by atoms with E-state index < -0.39 is 0 Å². The second kappa shape index (κ2) is 3.63. The molecule has 3 fully saturated rings. The summed E-state index contributed by atoms with van der Waals surface area (Å²) in [6.07, 6.45) is 3.02. The van der Waals surface area contributed by atoms with Crippen molar-refractivity contribution in [2.24, 2.45) is 5.92 Å². The molecule has 0 N–H and O–H groups in total. The van der Waals surface area contributed by atoms with E-state index in [1.165, 1.54) is 4.90 Å². The van der Waals surface area contributed by atoms with E-state index in [0.717, 1.165) is 19.3 Å². The number of hydrogen-bond donors (Lipinski definition) is 0. The van der Waals surface area contributed by atoms with Crippen molar-refractivity contribution in [1.29, 1.82) is 0 Å². The Hall–Kier alpha value is -2.37. The summed E-state index contributed by atoms with van der Waals surface area (Å²) in [5.74, 6) is 0.496. The Morgan fingerprint density at radius 1 is 1.19 bits per heavy atom. The van der Waals surface area contributed by atoms with Crippen LogP contribution in [-0.4, -0.2) is 34.1 Å². The van der Waals surface area contributed by atoms with Crippen molar-refractivity contribution in [3.05, 3.63) is 24.3 Å². The SMILES string of the molecule is O=C1C2C3CCC(C3)N2C(=O)N1c1noc2ccccc12. The zero-order valence-corrected chi connectivity index (χ0v) is 11.2. The van der Waals surface area contributed by atoms with Gasteiger partial charge in [-0.2, -0.15) is 0 Å². The minimum absolute atomic E-state index is 0.147. The standard InChI is InChI=1S/C15H13N3O3/c19-14-12-8-5-6-9(7-8)17(12)15(20)18(14)13-10-3-1-2-4-11(10)21-16-13/h1-4,8-9,12H,5-7H2. The molecule has 2 aromatic rings. The van der Waals surface area contributed by atoms with Crippen LogP contribution >= 0.6 is 0 Å². The average Bonchev–Trinajstić information content (AvgIpc) is 3.23. The first-order valence-electron chi connectivity index (χ1n) is 7.26. The van der Waals surface area contributed by atoms with Crippen LogP contribution in [0.3, 0.4) is 0 Å². The highest BCUT2D eigenvalue weighted by Crippen LogP contribution is 2.47. The van der Waals surface area contributed by atoms with Gasteiger partial charge in [-0.15, -0.1) is 0 Å². The molecule has 0 spiro atoms. The Morgan fingerprint density at radius 2 is 2.05 bits per heavy atom. The maximum Gasteiger partial charge on any atom is 0.333 e. The number of anilines is 1. The van der Waals surface area contributed by atoms with Gasteiger partial charge in [-0.25, -0.2) is 9.69 Å². The molecular formula is C15H13N3O3. The van der Waals surface area contributed by atoms with E-state index >= 15 is 0 Å². The van der Waals surface area contributed by atoms with Gasteiger partial charge < -0.3 is 9.42 Å². The summed E-state index contributed by atoms with van der Waals surface area (Å²) >= 11 is 0. The van der Waals surface area contributed by atoms with E-state index in [1.54, 1.807) is 11.0 Å². The van der Waals surface area contributed by atoms with Crippen LogP contribution in [0.2, 0.25) is 0 Å². The number of imide groups is 1. The number of urea groups is 1. The highest BCUT2D eigenvalue weighted by atomic mass is 16.5. The molecule has 5 rings (SSSR count). The summed E-state index contributed by atoms with van der Waals surface area (Å²) < 4.78 is 5.23. The van der Waals surface area contributed by atoms with Crippen molar-refractivity contribution in [3.8, 4) is 0 Å². The van der Waals surface area contributed by atoms with Gasteiger partial charge in [0.15, 0.2) is 11.4 Å². The Balaban J connectivity index is 1.64. The first-order valence-corrected chi connectivity index (χ1v) is 7.26. The predicted octanol–water partition coefficient (Wildman–Crippen LogP) is 2.15. The van der Waals surface area contributed by atoms with E-state index in [9.17, 15) is 9.59 Å². The molecule has 3 unspecified atom stereocenters. The normalized spacial score (nSPS) is 30.8. The van der Waals surface area contributed by atoms with Crippen LogP contribution in [0.1, 0.15) is 19.3 Å². The minimum atomic E-state index is -0.285. The summed E-state index contributed by atoms with van der Waals surface area (Å²) in [4.78, 5) is 28.4. The predicted molar refractivity (Wildman–Crippen MR) is 73.6 cm³/mol. The first kappa shape index (κ1) is 11.3. The summed E-state index contributed by atoms with van der Waals surface area (Å²) in [5, 5.41) is 4.66. The molecule has 21 heavy (non-hydrogen) atoms. The van der Waals surface area contributed by atoms with Crippen LogP contribution in [0.15, 0.2) is 28.8 Å². The molecule has 106 valence electrons. The number of hydrogen-bond acceptors (Lipinski definition) is 4. The number of rotatable bonds is 1. The Labute approximate surface area is 120 Å². The van der Waals surface area contributed by atoms with Gasteiger partial charge in [0.25, 0.3) is 5.91 Å². The Bertz CT molecular complexity index is 755. The topological polar surface area (TPSA) is 66.7 Å². The van der Waals surface area contributed by atoms with E-state index in [1.807, 2.05) is 18.2 Å². The molecule has 6 heteroatoms. The van der Waals surface area contributed by atoms with Crippen molar-refractivity contribution in [2.75, 3.05) is 4.90 Å². The van der Waals surface area contributed by atoms with Gasteiger partial charge in [-0.1, -0.05) is 17.3 Å². The molecule has 3 amide bonds. The molecule has 1 aliphatic carbocycles. The lowest BCUT2D eigenvalue weighted by atomic mass is 9.99. The number of benzene rings is 1. The van der Waals surface area contributed by atoms with E-state index in [0.29, 0.717) is 22.7 Å². The molecule has 1 saturated carbocycles. The highest BCUT2D eigenvalue weighted by molar-refractivity contribution is 6.23. The monoisotopic (exact) mass is 283 g/mol. The number of piperidine rings is 1. The number of aromatic nitrogens is 1. The number of carbonyl (C=O) groups is 2. The number of para-hydroxylation sites is 1. The quantitative estimate of drug-likeness (QED) is 0.752. The van der Waals surface area contributed by atoms with Crippen LogP contribution in [-0.2, 0) is 4.79 Å². The van der Waals surface area contributed by atoms with Gasteiger partial charge in [-0.05, 0) is 37.3 Å². The average molecular weight is 283 g/mol. The largest absolute Gasteiger partial charge is 0.354 e. The summed E-state index contributed by atoms with van der Waals surface area (Å²) in [6.45, 7) is 0. The van der Waals surface area contributed by atoms with Crippen LogP contribution in [0.4, 0.5) is 10.6 Å². The second-order valence-electron chi connectivity index (χ2n) is 6.04. The fraction of sp³-hybridized carbons (Fsp3) is 0.400. The third-order valence-corrected chi connectivity index (χ3v) is 5.04. The van der Waals surface area contributed by atoms with Gasteiger partial charge in [-0.3, -0.25) is 4.79 Å². The van der Waals surface area contributed by atoms with Crippen molar-refractivity contribution in [1.82, 2.24) is 10.1 Å². The molecule has 2 aliphatic heterocycles. The zero-order chi connectivity index (χ0) is 14.1. The molecule has 3 aliphatic rings. The summed E-state index contributed by atoms with van der Waals surface area (Å²) in [5.41, 5.74) is 0.586. The minimum Gasteiger partial charge on any atom is -0.354 e.